The van der Waals surface area contributed by atoms with E-state index in [9.17, 15) is 18.4 Å². The van der Waals surface area contributed by atoms with Crippen LogP contribution in [0, 0.1) is 17.6 Å². The normalized spacial score (nSPS) is 22.7. The fourth-order valence-electron chi connectivity index (χ4n) is 2.37. The summed E-state index contributed by atoms with van der Waals surface area (Å²) in [4.78, 5) is 25.6. The first kappa shape index (κ1) is 15.4. The monoisotopic (exact) mass is 296 g/mol. The number of nitrogens with zero attached hydrogens (tertiary/aromatic N) is 1. The van der Waals surface area contributed by atoms with Gasteiger partial charge in [0.1, 0.15) is 12.1 Å². The van der Waals surface area contributed by atoms with Gasteiger partial charge in [-0.15, -0.1) is 0 Å². The van der Waals surface area contributed by atoms with Gasteiger partial charge in [-0.3, -0.25) is 9.59 Å². The van der Waals surface area contributed by atoms with Crippen LogP contribution in [0.5, 0.6) is 0 Å². The Morgan fingerprint density at radius 1 is 1.29 bits per heavy atom. The van der Waals surface area contributed by atoms with Crippen LogP contribution in [0.3, 0.4) is 0 Å². The van der Waals surface area contributed by atoms with Crippen LogP contribution in [0.25, 0.3) is 0 Å². The number of benzene rings is 1. The predicted molar refractivity (Wildman–Crippen MR) is 73.1 cm³/mol. The van der Waals surface area contributed by atoms with E-state index in [2.05, 4.69) is 5.32 Å². The Morgan fingerprint density at radius 3 is 2.57 bits per heavy atom. The molecule has 0 aliphatic carbocycles. The molecule has 0 spiro atoms. The van der Waals surface area contributed by atoms with Gasteiger partial charge in [0.25, 0.3) is 0 Å². The van der Waals surface area contributed by atoms with E-state index in [1.54, 1.807) is 6.92 Å². The zero-order valence-corrected chi connectivity index (χ0v) is 12.2. The number of piperazine rings is 1. The van der Waals surface area contributed by atoms with Gasteiger partial charge in [0.2, 0.25) is 11.8 Å². The Bertz CT molecular complexity index is 575. The van der Waals surface area contributed by atoms with Gasteiger partial charge in [0.15, 0.2) is 11.6 Å². The first-order valence-corrected chi connectivity index (χ1v) is 6.86. The number of amides is 2. The van der Waals surface area contributed by atoms with Crippen molar-refractivity contribution in [3.63, 3.8) is 0 Å². The van der Waals surface area contributed by atoms with Gasteiger partial charge in [-0.2, -0.15) is 0 Å². The van der Waals surface area contributed by atoms with E-state index in [1.165, 1.54) is 17.0 Å². The minimum atomic E-state index is -0.982. The summed E-state index contributed by atoms with van der Waals surface area (Å²) in [5, 5.41) is 2.66. The largest absolute Gasteiger partial charge is 0.342 e. The average Bonchev–Trinajstić information content (AvgIpc) is 2.43. The van der Waals surface area contributed by atoms with Gasteiger partial charge >= 0.3 is 0 Å². The summed E-state index contributed by atoms with van der Waals surface area (Å²) in [6.07, 6.45) is 0. The van der Waals surface area contributed by atoms with Crippen LogP contribution >= 0.6 is 0 Å². The molecular formula is C15H18F2N2O2. The fourth-order valence-corrected chi connectivity index (χ4v) is 2.37. The van der Waals surface area contributed by atoms with Crippen LogP contribution in [0.4, 0.5) is 8.78 Å². The smallest absolute Gasteiger partial charge is 0.246 e. The standard InChI is InChI=1S/C15H18F2N2O2/c1-8(2)13-15(21)19(9(3)14(20)18-13)7-10-5-4-6-11(16)12(10)17/h4-6,8-9,13H,7H2,1-3H3,(H,18,20). The summed E-state index contributed by atoms with van der Waals surface area (Å²) < 4.78 is 27.0. The summed E-state index contributed by atoms with van der Waals surface area (Å²) in [6.45, 7) is 5.08. The molecule has 1 aliphatic rings. The molecule has 2 atom stereocenters. The molecule has 0 bridgehead atoms. The van der Waals surface area contributed by atoms with Gasteiger partial charge < -0.3 is 10.2 Å². The number of hydrogen-bond acceptors (Lipinski definition) is 2. The maximum atomic E-state index is 13.8. The van der Waals surface area contributed by atoms with Gasteiger partial charge in [0, 0.05) is 12.1 Å². The van der Waals surface area contributed by atoms with Crippen molar-refractivity contribution in [1.29, 1.82) is 0 Å². The topological polar surface area (TPSA) is 49.4 Å². The van der Waals surface area contributed by atoms with Crippen molar-refractivity contribution in [2.24, 2.45) is 5.92 Å². The summed E-state index contributed by atoms with van der Waals surface area (Å²) >= 11 is 0. The molecule has 1 heterocycles. The maximum absolute atomic E-state index is 13.8. The zero-order valence-electron chi connectivity index (χ0n) is 12.2. The van der Waals surface area contributed by atoms with Crippen LogP contribution < -0.4 is 5.32 Å². The number of nitrogens with one attached hydrogen (secondary N) is 1. The molecule has 1 fully saturated rings. The Kier molecular flexibility index (Phi) is 4.25. The second-order valence-electron chi connectivity index (χ2n) is 5.59. The van der Waals surface area contributed by atoms with E-state index in [1.807, 2.05) is 13.8 Å². The fraction of sp³-hybridized carbons (Fsp3) is 0.467. The highest BCUT2D eigenvalue weighted by molar-refractivity contribution is 5.96. The molecule has 1 N–H and O–H groups in total. The molecule has 4 nitrogen and oxygen atoms in total. The van der Waals surface area contributed by atoms with Crippen molar-refractivity contribution in [3.8, 4) is 0 Å². The molecule has 21 heavy (non-hydrogen) atoms. The lowest BCUT2D eigenvalue weighted by atomic mass is 9.97. The summed E-state index contributed by atoms with van der Waals surface area (Å²) in [5.74, 6) is -2.58. The summed E-state index contributed by atoms with van der Waals surface area (Å²) in [6, 6.07) is 2.46. The van der Waals surface area contributed by atoms with Gasteiger partial charge in [-0.05, 0) is 18.9 Å². The van der Waals surface area contributed by atoms with Crippen molar-refractivity contribution in [2.75, 3.05) is 0 Å². The lowest BCUT2D eigenvalue weighted by Gasteiger charge is -2.38. The minimum absolute atomic E-state index is 0.0624. The second-order valence-corrected chi connectivity index (χ2v) is 5.59. The van der Waals surface area contributed by atoms with Crippen LogP contribution in [-0.2, 0) is 16.1 Å². The Morgan fingerprint density at radius 2 is 1.95 bits per heavy atom. The van der Waals surface area contributed by atoms with Gasteiger partial charge in [-0.25, -0.2) is 8.78 Å². The lowest BCUT2D eigenvalue weighted by Crippen LogP contribution is -2.63. The molecular weight excluding hydrogens is 278 g/mol. The SMILES string of the molecule is CC(C)C1NC(=O)C(C)N(Cc2cccc(F)c2F)C1=O. The quantitative estimate of drug-likeness (QED) is 0.925. The Hall–Kier alpha value is -1.98. The van der Waals surface area contributed by atoms with E-state index in [-0.39, 0.29) is 29.8 Å². The number of rotatable bonds is 3. The highest BCUT2D eigenvalue weighted by atomic mass is 19.2. The molecule has 1 aromatic carbocycles. The number of hydrogen-bond donors (Lipinski definition) is 1. The molecule has 0 saturated carbocycles. The number of halogens is 2. The molecule has 2 rings (SSSR count). The number of carbonyl (C=O) groups is 2. The molecule has 0 aromatic heterocycles. The second kappa shape index (κ2) is 5.79. The first-order chi connectivity index (χ1) is 9.82. The van der Waals surface area contributed by atoms with Crippen LogP contribution in [-0.4, -0.2) is 28.8 Å². The van der Waals surface area contributed by atoms with E-state index in [4.69, 9.17) is 0 Å². The minimum Gasteiger partial charge on any atom is -0.342 e. The molecule has 1 aromatic rings. The molecule has 2 amide bonds. The first-order valence-electron chi connectivity index (χ1n) is 6.86. The maximum Gasteiger partial charge on any atom is 0.246 e. The summed E-state index contributed by atoms with van der Waals surface area (Å²) in [7, 11) is 0. The third-order valence-corrected chi connectivity index (χ3v) is 3.73. The molecule has 1 aliphatic heterocycles. The van der Waals surface area contributed by atoms with Crippen molar-refractivity contribution in [3.05, 3.63) is 35.4 Å². The van der Waals surface area contributed by atoms with Crippen molar-refractivity contribution in [2.45, 2.75) is 39.4 Å². The van der Waals surface area contributed by atoms with E-state index >= 15 is 0 Å². The predicted octanol–water partition coefficient (Wildman–Crippen LogP) is 1.84. The van der Waals surface area contributed by atoms with E-state index in [0.717, 1.165) is 6.07 Å². The van der Waals surface area contributed by atoms with Crippen LogP contribution in [0.15, 0.2) is 18.2 Å². The van der Waals surface area contributed by atoms with E-state index < -0.39 is 23.7 Å². The molecule has 6 heteroatoms. The highest BCUT2D eigenvalue weighted by Gasteiger charge is 2.39. The van der Waals surface area contributed by atoms with E-state index in [0.29, 0.717) is 0 Å². The van der Waals surface area contributed by atoms with Gasteiger partial charge in [-0.1, -0.05) is 26.0 Å². The molecule has 114 valence electrons. The van der Waals surface area contributed by atoms with Crippen molar-refractivity contribution in [1.82, 2.24) is 10.2 Å². The molecule has 1 saturated heterocycles. The van der Waals surface area contributed by atoms with Crippen LogP contribution in [0.2, 0.25) is 0 Å². The van der Waals surface area contributed by atoms with Crippen molar-refractivity contribution < 1.29 is 18.4 Å². The highest BCUT2D eigenvalue weighted by Crippen LogP contribution is 2.20. The Labute approximate surface area is 122 Å². The lowest BCUT2D eigenvalue weighted by molar-refractivity contribution is -0.150. The Balaban J connectivity index is 2.29. The third-order valence-electron chi connectivity index (χ3n) is 3.73. The molecule has 0 radical (unpaired) electrons. The molecule has 2 unspecified atom stereocenters. The van der Waals surface area contributed by atoms with Gasteiger partial charge in [0.05, 0.1) is 0 Å². The van der Waals surface area contributed by atoms with Crippen LogP contribution in [0.1, 0.15) is 26.3 Å². The van der Waals surface area contributed by atoms with Crippen molar-refractivity contribution >= 4 is 11.8 Å². The average molecular weight is 296 g/mol. The summed E-state index contributed by atoms with van der Waals surface area (Å²) in [5.41, 5.74) is 0.0624. The number of carbonyl (C=O) groups excluding carboxylic acids is 2. The zero-order chi connectivity index (χ0) is 15.7. The third kappa shape index (κ3) is 2.89.